The first kappa shape index (κ1) is 20.5. The number of aromatic nitrogens is 4. The minimum absolute atomic E-state index is 0.171. The number of benzene rings is 1. The molecule has 158 valence electrons. The SMILES string of the molecule is Cc1cccnc1-c1noc(-c2ccc(CC(=O)Nc3cc(C(C)(C)C)on3)cc2)n1. The molecule has 1 aromatic carbocycles. The van der Waals surface area contributed by atoms with Crippen LogP contribution in [-0.2, 0) is 16.6 Å². The molecule has 0 radical (unpaired) electrons. The number of pyridine rings is 1. The van der Waals surface area contributed by atoms with Crippen molar-refractivity contribution in [1.82, 2.24) is 20.3 Å². The van der Waals surface area contributed by atoms with Crippen molar-refractivity contribution in [3.05, 3.63) is 65.5 Å². The summed E-state index contributed by atoms with van der Waals surface area (Å²) in [6.07, 6.45) is 1.90. The molecule has 0 aliphatic heterocycles. The lowest BCUT2D eigenvalue weighted by molar-refractivity contribution is -0.115. The van der Waals surface area contributed by atoms with Crippen molar-refractivity contribution in [2.45, 2.75) is 39.5 Å². The lowest BCUT2D eigenvalue weighted by Gasteiger charge is -2.12. The molecule has 4 rings (SSSR count). The van der Waals surface area contributed by atoms with E-state index in [2.05, 4.69) is 25.6 Å². The minimum Gasteiger partial charge on any atom is -0.359 e. The number of carbonyl (C=O) groups is 1. The Morgan fingerprint density at radius 3 is 2.52 bits per heavy atom. The maximum atomic E-state index is 12.3. The van der Waals surface area contributed by atoms with Crippen molar-refractivity contribution in [1.29, 1.82) is 0 Å². The van der Waals surface area contributed by atoms with E-state index in [1.54, 1.807) is 12.3 Å². The zero-order valence-electron chi connectivity index (χ0n) is 17.8. The number of aryl methyl sites for hydroxylation is 1. The highest BCUT2D eigenvalue weighted by atomic mass is 16.5. The van der Waals surface area contributed by atoms with Gasteiger partial charge in [0.05, 0.1) is 6.42 Å². The molecule has 3 aromatic heterocycles. The number of nitrogens with one attached hydrogen (secondary N) is 1. The highest BCUT2D eigenvalue weighted by Crippen LogP contribution is 2.25. The molecule has 3 heterocycles. The van der Waals surface area contributed by atoms with Crippen LogP contribution in [0.15, 0.2) is 57.7 Å². The van der Waals surface area contributed by atoms with Crippen molar-refractivity contribution >= 4 is 11.7 Å². The smallest absolute Gasteiger partial charge is 0.258 e. The molecule has 0 fully saturated rings. The van der Waals surface area contributed by atoms with Gasteiger partial charge < -0.3 is 14.4 Å². The lowest BCUT2D eigenvalue weighted by atomic mass is 9.93. The normalized spacial score (nSPS) is 11.5. The monoisotopic (exact) mass is 417 g/mol. The Hall–Kier alpha value is -3.81. The zero-order chi connectivity index (χ0) is 22.0. The lowest BCUT2D eigenvalue weighted by Crippen LogP contribution is -2.14. The summed E-state index contributed by atoms with van der Waals surface area (Å²) in [6.45, 7) is 8.00. The highest BCUT2D eigenvalue weighted by molar-refractivity contribution is 5.91. The standard InChI is InChI=1S/C23H23N5O3/c1-14-6-5-11-24-20(14)21-26-22(31-28-21)16-9-7-15(8-10-16)12-19(29)25-18-13-17(30-27-18)23(2,3)4/h5-11,13H,12H2,1-4H3,(H,25,27,29). The van der Waals surface area contributed by atoms with Gasteiger partial charge in [0, 0.05) is 23.2 Å². The van der Waals surface area contributed by atoms with Crippen molar-refractivity contribution < 1.29 is 13.8 Å². The molecule has 1 N–H and O–H groups in total. The third-order valence-electron chi connectivity index (χ3n) is 4.73. The third-order valence-corrected chi connectivity index (χ3v) is 4.73. The summed E-state index contributed by atoms with van der Waals surface area (Å²) >= 11 is 0. The third kappa shape index (κ3) is 4.69. The van der Waals surface area contributed by atoms with Gasteiger partial charge in [-0.05, 0) is 36.2 Å². The molecule has 8 heteroatoms. The largest absolute Gasteiger partial charge is 0.359 e. The van der Waals surface area contributed by atoms with E-state index in [4.69, 9.17) is 9.05 Å². The first-order valence-electron chi connectivity index (χ1n) is 9.91. The Morgan fingerprint density at radius 2 is 1.84 bits per heavy atom. The predicted octanol–water partition coefficient (Wildman–Crippen LogP) is 4.57. The van der Waals surface area contributed by atoms with Crippen LogP contribution in [0, 0.1) is 6.92 Å². The summed E-state index contributed by atoms with van der Waals surface area (Å²) in [5.74, 6) is 1.79. The van der Waals surface area contributed by atoms with Crippen molar-refractivity contribution in [2.24, 2.45) is 0 Å². The van der Waals surface area contributed by atoms with Gasteiger partial charge >= 0.3 is 0 Å². The fraction of sp³-hybridized carbons (Fsp3) is 0.261. The maximum absolute atomic E-state index is 12.3. The molecule has 8 nitrogen and oxygen atoms in total. The van der Waals surface area contributed by atoms with Gasteiger partial charge in [0.15, 0.2) is 5.82 Å². The van der Waals surface area contributed by atoms with Gasteiger partial charge in [-0.2, -0.15) is 4.98 Å². The van der Waals surface area contributed by atoms with Gasteiger partial charge in [-0.25, -0.2) is 0 Å². The fourth-order valence-electron chi connectivity index (χ4n) is 2.98. The average Bonchev–Trinajstić information content (AvgIpc) is 3.39. The maximum Gasteiger partial charge on any atom is 0.258 e. The number of carbonyl (C=O) groups excluding carboxylic acids is 1. The van der Waals surface area contributed by atoms with Crippen LogP contribution in [0.4, 0.5) is 5.82 Å². The Kier molecular flexibility index (Phi) is 5.37. The number of amides is 1. The number of anilines is 1. The molecule has 0 aliphatic carbocycles. The molecule has 0 saturated heterocycles. The van der Waals surface area contributed by atoms with Gasteiger partial charge in [-0.3, -0.25) is 9.78 Å². The van der Waals surface area contributed by atoms with Gasteiger partial charge in [0.25, 0.3) is 5.89 Å². The topological polar surface area (TPSA) is 107 Å². The van der Waals surface area contributed by atoms with Crippen LogP contribution in [0.1, 0.15) is 37.7 Å². The summed E-state index contributed by atoms with van der Waals surface area (Å²) in [6, 6.07) is 13.0. The fourth-order valence-corrected chi connectivity index (χ4v) is 2.98. The molecular weight excluding hydrogens is 394 g/mol. The summed E-state index contributed by atoms with van der Waals surface area (Å²) in [4.78, 5) is 21.1. The second-order valence-electron chi connectivity index (χ2n) is 8.34. The highest BCUT2D eigenvalue weighted by Gasteiger charge is 2.20. The van der Waals surface area contributed by atoms with Crippen LogP contribution in [0.5, 0.6) is 0 Å². The number of hydrogen-bond donors (Lipinski definition) is 1. The quantitative estimate of drug-likeness (QED) is 0.507. The predicted molar refractivity (Wildman–Crippen MR) is 115 cm³/mol. The van der Waals surface area contributed by atoms with Gasteiger partial charge in [0.2, 0.25) is 11.7 Å². The van der Waals surface area contributed by atoms with E-state index in [1.807, 2.05) is 64.1 Å². The number of nitrogens with zero attached hydrogens (tertiary/aromatic N) is 4. The number of rotatable bonds is 5. The van der Waals surface area contributed by atoms with Crippen molar-refractivity contribution in [2.75, 3.05) is 5.32 Å². The van der Waals surface area contributed by atoms with E-state index in [0.717, 1.165) is 16.7 Å². The van der Waals surface area contributed by atoms with E-state index in [0.29, 0.717) is 29.0 Å². The van der Waals surface area contributed by atoms with Gasteiger partial charge in [-0.15, -0.1) is 0 Å². The first-order valence-corrected chi connectivity index (χ1v) is 9.91. The van der Waals surface area contributed by atoms with Crippen LogP contribution in [0.3, 0.4) is 0 Å². The molecular formula is C23H23N5O3. The van der Waals surface area contributed by atoms with Gasteiger partial charge in [-0.1, -0.05) is 49.3 Å². The van der Waals surface area contributed by atoms with Crippen LogP contribution in [0.2, 0.25) is 0 Å². The second-order valence-corrected chi connectivity index (χ2v) is 8.34. The van der Waals surface area contributed by atoms with E-state index in [1.165, 1.54) is 0 Å². The Balaban J connectivity index is 1.41. The van der Waals surface area contributed by atoms with E-state index in [-0.39, 0.29) is 17.7 Å². The van der Waals surface area contributed by atoms with Gasteiger partial charge in [0.1, 0.15) is 11.5 Å². The molecule has 0 spiro atoms. The molecule has 0 bridgehead atoms. The molecule has 31 heavy (non-hydrogen) atoms. The molecule has 0 atom stereocenters. The molecule has 0 unspecified atom stereocenters. The molecule has 0 saturated carbocycles. The van der Waals surface area contributed by atoms with E-state index < -0.39 is 0 Å². The van der Waals surface area contributed by atoms with Crippen molar-refractivity contribution in [3.8, 4) is 23.0 Å². The summed E-state index contributed by atoms with van der Waals surface area (Å²) in [5.41, 5.74) is 3.10. The van der Waals surface area contributed by atoms with E-state index >= 15 is 0 Å². The average molecular weight is 417 g/mol. The van der Waals surface area contributed by atoms with Crippen LogP contribution >= 0.6 is 0 Å². The summed E-state index contributed by atoms with van der Waals surface area (Å²) in [5, 5.41) is 10.7. The zero-order valence-corrected chi connectivity index (χ0v) is 17.8. The first-order chi connectivity index (χ1) is 14.8. The van der Waals surface area contributed by atoms with Crippen LogP contribution < -0.4 is 5.32 Å². The Labute approximate surface area is 179 Å². The minimum atomic E-state index is -0.174. The number of hydrogen-bond acceptors (Lipinski definition) is 7. The summed E-state index contributed by atoms with van der Waals surface area (Å²) < 4.78 is 10.7. The van der Waals surface area contributed by atoms with Crippen LogP contribution in [-0.4, -0.2) is 26.2 Å². The van der Waals surface area contributed by atoms with E-state index in [9.17, 15) is 4.79 Å². The molecule has 1 amide bonds. The summed E-state index contributed by atoms with van der Waals surface area (Å²) in [7, 11) is 0. The second kappa shape index (κ2) is 8.14. The Bertz CT molecular complexity index is 1200. The Morgan fingerprint density at radius 1 is 1.06 bits per heavy atom. The molecule has 4 aromatic rings. The van der Waals surface area contributed by atoms with Crippen LogP contribution in [0.25, 0.3) is 23.0 Å². The van der Waals surface area contributed by atoms with Crippen molar-refractivity contribution in [3.63, 3.8) is 0 Å². The molecule has 0 aliphatic rings.